The molecule has 3 aromatic rings. The molecule has 0 spiro atoms. The van der Waals surface area contributed by atoms with Gasteiger partial charge in [0, 0.05) is 11.6 Å². The molecule has 0 atom stereocenters. The van der Waals surface area contributed by atoms with Crippen LogP contribution >= 0.6 is 24.0 Å². The molecule has 1 aliphatic rings. The zero-order valence-electron chi connectivity index (χ0n) is 14.0. The van der Waals surface area contributed by atoms with E-state index in [1.54, 1.807) is 18.2 Å². The maximum Gasteiger partial charge on any atom is 0.270 e. The van der Waals surface area contributed by atoms with Gasteiger partial charge in [-0.05, 0) is 48.5 Å². The molecule has 1 fully saturated rings. The fraction of sp³-hybridized carbons (Fsp3) is 0. The minimum Gasteiger partial charge on any atom is -0.457 e. The number of rotatable bonds is 3. The molecule has 0 bridgehead atoms. The van der Waals surface area contributed by atoms with Crippen molar-refractivity contribution < 1.29 is 9.21 Å². The summed E-state index contributed by atoms with van der Waals surface area (Å²) in [6.45, 7) is 0. The van der Waals surface area contributed by atoms with Crippen molar-refractivity contribution in [1.29, 1.82) is 5.26 Å². The SMILES string of the molecule is N#Cc1ccc(-c2ccc(/C=C3/SC(=S)N(c4ccccc4)C3=O)o2)cc1. The molecule has 1 aliphatic heterocycles. The molecule has 0 aliphatic carbocycles. The summed E-state index contributed by atoms with van der Waals surface area (Å²) in [5.74, 6) is 1.08. The fourth-order valence-electron chi connectivity index (χ4n) is 2.69. The summed E-state index contributed by atoms with van der Waals surface area (Å²) in [6.07, 6.45) is 1.70. The Labute approximate surface area is 165 Å². The molecule has 1 saturated heterocycles. The number of furan rings is 1. The smallest absolute Gasteiger partial charge is 0.270 e. The van der Waals surface area contributed by atoms with Crippen molar-refractivity contribution in [3.05, 3.63) is 83.0 Å². The fourth-order valence-corrected chi connectivity index (χ4v) is 3.97. The topological polar surface area (TPSA) is 57.2 Å². The second-order valence-corrected chi connectivity index (χ2v) is 7.42. The van der Waals surface area contributed by atoms with Crippen LogP contribution in [-0.2, 0) is 4.79 Å². The van der Waals surface area contributed by atoms with Gasteiger partial charge in [-0.3, -0.25) is 9.69 Å². The molecule has 27 heavy (non-hydrogen) atoms. The first-order chi connectivity index (χ1) is 13.2. The van der Waals surface area contributed by atoms with Crippen molar-refractivity contribution in [2.75, 3.05) is 4.90 Å². The Morgan fingerprint density at radius 1 is 1.04 bits per heavy atom. The van der Waals surface area contributed by atoms with Crippen LogP contribution in [0.15, 0.2) is 76.1 Å². The maximum atomic E-state index is 12.7. The van der Waals surface area contributed by atoms with Crippen LogP contribution in [0.5, 0.6) is 0 Å². The van der Waals surface area contributed by atoms with E-state index in [4.69, 9.17) is 21.9 Å². The molecule has 4 nitrogen and oxygen atoms in total. The highest BCUT2D eigenvalue weighted by Crippen LogP contribution is 2.36. The van der Waals surface area contributed by atoms with Crippen molar-refractivity contribution in [3.8, 4) is 17.4 Å². The second kappa shape index (κ2) is 7.23. The molecule has 130 valence electrons. The zero-order valence-corrected chi connectivity index (χ0v) is 15.6. The molecule has 1 aromatic heterocycles. The van der Waals surface area contributed by atoms with Gasteiger partial charge in [-0.1, -0.05) is 42.2 Å². The average Bonchev–Trinajstić information content (AvgIpc) is 3.27. The van der Waals surface area contributed by atoms with Crippen molar-refractivity contribution >= 4 is 46.0 Å². The quantitative estimate of drug-likeness (QED) is 0.454. The van der Waals surface area contributed by atoms with Crippen molar-refractivity contribution in [2.45, 2.75) is 0 Å². The van der Waals surface area contributed by atoms with Crippen LogP contribution in [0.2, 0.25) is 0 Å². The summed E-state index contributed by atoms with van der Waals surface area (Å²) in [6, 6.07) is 22.2. The van der Waals surface area contributed by atoms with E-state index in [9.17, 15) is 4.79 Å². The number of para-hydroxylation sites is 1. The van der Waals surface area contributed by atoms with Gasteiger partial charge >= 0.3 is 0 Å². The Hall–Kier alpha value is -3.14. The first-order valence-electron chi connectivity index (χ1n) is 8.09. The molecule has 2 heterocycles. The monoisotopic (exact) mass is 388 g/mol. The summed E-state index contributed by atoms with van der Waals surface area (Å²) in [5, 5.41) is 8.88. The van der Waals surface area contributed by atoms with Crippen molar-refractivity contribution in [3.63, 3.8) is 0 Å². The Kier molecular flexibility index (Phi) is 4.63. The Morgan fingerprint density at radius 3 is 2.48 bits per heavy atom. The van der Waals surface area contributed by atoms with E-state index in [1.807, 2.05) is 54.6 Å². The van der Waals surface area contributed by atoms with E-state index in [0.29, 0.717) is 26.3 Å². The van der Waals surface area contributed by atoms with Crippen molar-refractivity contribution in [2.24, 2.45) is 0 Å². The molecule has 1 amide bonds. The summed E-state index contributed by atoms with van der Waals surface area (Å²) in [4.78, 5) is 14.8. The predicted octanol–water partition coefficient (Wildman–Crippen LogP) is 5.22. The number of hydrogen-bond donors (Lipinski definition) is 0. The molecular formula is C21H12N2O2S2. The van der Waals surface area contributed by atoms with Crippen LogP contribution in [0, 0.1) is 11.3 Å². The summed E-state index contributed by atoms with van der Waals surface area (Å²) in [7, 11) is 0. The van der Waals surface area contributed by atoms with Crippen LogP contribution < -0.4 is 4.90 Å². The molecule has 4 rings (SSSR count). The van der Waals surface area contributed by atoms with E-state index < -0.39 is 0 Å². The minimum absolute atomic E-state index is 0.160. The van der Waals surface area contributed by atoms with Gasteiger partial charge in [0.1, 0.15) is 11.5 Å². The van der Waals surface area contributed by atoms with Crippen molar-refractivity contribution in [1.82, 2.24) is 0 Å². The van der Waals surface area contributed by atoms with Gasteiger partial charge in [-0.25, -0.2) is 0 Å². The lowest BCUT2D eigenvalue weighted by molar-refractivity contribution is -0.113. The lowest BCUT2D eigenvalue weighted by Gasteiger charge is -2.13. The molecule has 0 radical (unpaired) electrons. The van der Waals surface area contributed by atoms with Gasteiger partial charge in [-0.2, -0.15) is 5.26 Å². The average molecular weight is 388 g/mol. The number of benzene rings is 2. The number of nitriles is 1. The van der Waals surface area contributed by atoms with Gasteiger partial charge in [0.2, 0.25) is 0 Å². The first kappa shape index (κ1) is 17.3. The van der Waals surface area contributed by atoms with Gasteiger partial charge in [0.15, 0.2) is 4.32 Å². The van der Waals surface area contributed by atoms with Crippen LogP contribution in [0.4, 0.5) is 5.69 Å². The predicted molar refractivity (Wildman–Crippen MR) is 111 cm³/mol. The van der Waals surface area contributed by atoms with Crippen LogP contribution in [0.1, 0.15) is 11.3 Å². The Bertz CT molecular complexity index is 1090. The molecule has 0 unspecified atom stereocenters. The molecular weight excluding hydrogens is 376 g/mol. The van der Waals surface area contributed by atoms with Gasteiger partial charge in [-0.15, -0.1) is 0 Å². The normalized spacial score (nSPS) is 15.4. The summed E-state index contributed by atoms with van der Waals surface area (Å²) < 4.78 is 6.34. The summed E-state index contributed by atoms with van der Waals surface area (Å²) >= 11 is 6.62. The second-order valence-electron chi connectivity index (χ2n) is 5.74. The summed E-state index contributed by atoms with van der Waals surface area (Å²) in [5.41, 5.74) is 2.21. The minimum atomic E-state index is -0.160. The van der Waals surface area contributed by atoms with Gasteiger partial charge in [0.05, 0.1) is 22.2 Å². The maximum absolute atomic E-state index is 12.7. The standard InChI is InChI=1S/C21H12N2O2S2/c22-13-14-6-8-15(9-7-14)18-11-10-17(25-18)12-19-20(24)23(21(26)27-19)16-4-2-1-3-5-16/h1-12H/b19-12+. The molecule has 6 heteroatoms. The third-order valence-electron chi connectivity index (χ3n) is 4.01. The van der Waals surface area contributed by atoms with Crippen LogP contribution in [0.3, 0.4) is 0 Å². The lowest BCUT2D eigenvalue weighted by atomic mass is 10.1. The van der Waals surface area contributed by atoms with Gasteiger partial charge in [0.25, 0.3) is 5.91 Å². The Balaban J connectivity index is 1.59. The number of carbonyl (C=O) groups is 1. The molecule has 0 saturated carbocycles. The number of thiocarbonyl (C=S) groups is 1. The van der Waals surface area contributed by atoms with Crippen LogP contribution in [0.25, 0.3) is 17.4 Å². The lowest BCUT2D eigenvalue weighted by Crippen LogP contribution is -2.27. The number of carbonyl (C=O) groups excluding carboxylic acids is 1. The first-order valence-corrected chi connectivity index (χ1v) is 9.31. The van der Waals surface area contributed by atoms with Crippen LogP contribution in [-0.4, -0.2) is 10.2 Å². The van der Waals surface area contributed by atoms with E-state index in [1.165, 1.54) is 16.7 Å². The highest BCUT2D eigenvalue weighted by molar-refractivity contribution is 8.27. The highest BCUT2D eigenvalue weighted by Gasteiger charge is 2.33. The highest BCUT2D eigenvalue weighted by atomic mass is 32.2. The Morgan fingerprint density at radius 2 is 1.78 bits per heavy atom. The number of thioether (sulfide) groups is 1. The van der Waals surface area contributed by atoms with E-state index >= 15 is 0 Å². The van der Waals surface area contributed by atoms with Gasteiger partial charge < -0.3 is 4.42 Å². The third-order valence-corrected chi connectivity index (χ3v) is 5.31. The molecule has 2 aromatic carbocycles. The van der Waals surface area contributed by atoms with E-state index in [0.717, 1.165) is 11.3 Å². The largest absolute Gasteiger partial charge is 0.457 e. The number of amides is 1. The van der Waals surface area contributed by atoms with E-state index in [2.05, 4.69) is 6.07 Å². The molecule has 0 N–H and O–H groups in total. The van der Waals surface area contributed by atoms with E-state index in [-0.39, 0.29) is 5.91 Å². The number of anilines is 1. The zero-order chi connectivity index (χ0) is 18.8. The number of nitrogens with zero attached hydrogens (tertiary/aromatic N) is 2. The third kappa shape index (κ3) is 3.43. The number of hydrogen-bond acceptors (Lipinski definition) is 5.